The minimum Gasteiger partial charge on any atom is -0.486 e. The summed E-state index contributed by atoms with van der Waals surface area (Å²) >= 11 is 1.41. The van der Waals surface area contributed by atoms with E-state index in [1.54, 1.807) is 5.38 Å². The molecule has 37 heavy (non-hydrogen) atoms. The molecule has 3 amide bonds. The van der Waals surface area contributed by atoms with E-state index in [1.165, 1.54) is 22.5 Å². The molecule has 4 rings (SSSR count). The van der Waals surface area contributed by atoms with E-state index in [2.05, 4.69) is 46.9 Å². The molecular formula is C29H36N4O3S. The Balaban J connectivity index is 1.30. The van der Waals surface area contributed by atoms with Crippen molar-refractivity contribution >= 4 is 29.0 Å². The maximum absolute atomic E-state index is 13.0. The maximum atomic E-state index is 13.0. The van der Waals surface area contributed by atoms with Crippen LogP contribution in [-0.4, -0.2) is 29.0 Å². The number of hydrogen-bond acceptors (Lipinski definition) is 5. The molecule has 0 spiro atoms. The summed E-state index contributed by atoms with van der Waals surface area (Å²) in [6.07, 6.45) is 3.65. The predicted octanol–water partition coefficient (Wildman–Crippen LogP) is 6.33. The topological polar surface area (TPSA) is 92.4 Å². The number of benzene rings is 2. The molecule has 1 fully saturated rings. The van der Waals surface area contributed by atoms with Crippen LogP contribution in [0.5, 0.6) is 5.75 Å². The van der Waals surface area contributed by atoms with Crippen molar-refractivity contribution in [3.05, 3.63) is 75.2 Å². The summed E-state index contributed by atoms with van der Waals surface area (Å²) in [5.41, 5.74) is 4.70. The summed E-state index contributed by atoms with van der Waals surface area (Å²) in [5.74, 6) is 1.03. The second kappa shape index (κ2) is 12.2. The van der Waals surface area contributed by atoms with E-state index in [1.807, 2.05) is 44.2 Å². The van der Waals surface area contributed by atoms with Crippen molar-refractivity contribution in [3.63, 3.8) is 0 Å². The first kappa shape index (κ1) is 26.7. The minimum absolute atomic E-state index is 0.139. The zero-order chi connectivity index (χ0) is 26.4. The van der Waals surface area contributed by atoms with Crippen LogP contribution in [0.2, 0.25) is 0 Å². The van der Waals surface area contributed by atoms with Crippen molar-refractivity contribution in [2.75, 3.05) is 5.32 Å². The lowest BCUT2D eigenvalue weighted by atomic mass is 9.90. The van der Waals surface area contributed by atoms with Gasteiger partial charge in [-0.1, -0.05) is 44.9 Å². The quantitative estimate of drug-likeness (QED) is 0.324. The number of nitrogens with zero attached hydrogens (tertiary/aromatic N) is 1. The summed E-state index contributed by atoms with van der Waals surface area (Å²) < 4.78 is 5.86. The standard InChI is InChI=1S/C29H36N4O3S/c1-18(2)21-10-13-23(14-11-21)36-16-27-31-26(17-37-27)28(34)32-24-7-5-6-8-25(24)33-29(35)30-22-12-9-19(3)20(4)15-22/h9-15,17-18,24-25H,5-8,16H2,1-4H3,(H,32,34)(H2,30,33,35)/t24-,25-/m1/s1. The molecule has 0 saturated heterocycles. The second-order valence-electron chi connectivity index (χ2n) is 10.0. The van der Waals surface area contributed by atoms with Gasteiger partial charge in [-0.15, -0.1) is 11.3 Å². The predicted molar refractivity (Wildman–Crippen MR) is 149 cm³/mol. The van der Waals surface area contributed by atoms with Gasteiger partial charge in [0.25, 0.3) is 5.91 Å². The van der Waals surface area contributed by atoms with Crippen molar-refractivity contribution in [3.8, 4) is 5.75 Å². The number of nitrogens with one attached hydrogen (secondary N) is 3. The van der Waals surface area contributed by atoms with Crippen LogP contribution in [0.3, 0.4) is 0 Å². The average Bonchev–Trinajstić information content (AvgIpc) is 3.36. The molecule has 0 aliphatic heterocycles. The normalized spacial score (nSPS) is 17.3. The molecule has 1 aliphatic carbocycles. The Morgan fingerprint density at radius 1 is 1.00 bits per heavy atom. The maximum Gasteiger partial charge on any atom is 0.319 e. The van der Waals surface area contributed by atoms with Crippen molar-refractivity contribution in [1.29, 1.82) is 0 Å². The van der Waals surface area contributed by atoms with Crippen LogP contribution in [0, 0.1) is 13.8 Å². The van der Waals surface area contributed by atoms with Gasteiger partial charge < -0.3 is 20.7 Å². The molecule has 0 bridgehead atoms. The van der Waals surface area contributed by atoms with E-state index in [9.17, 15) is 9.59 Å². The van der Waals surface area contributed by atoms with E-state index >= 15 is 0 Å². The molecule has 2 aromatic carbocycles. The van der Waals surface area contributed by atoms with Crippen molar-refractivity contribution in [1.82, 2.24) is 15.6 Å². The molecule has 3 N–H and O–H groups in total. The number of urea groups is 1. The van der Waals surface area contributed by atoms with Crippen molar-refractivity contribution < 1.29 is 14.3 Å². The first-order valence-electron chi connectivity index (χ1n) is 12.9. The number of rotatable bonds is 8. The Morgan fingerprint density at radius 2 is 1.70 bits per heavy atom. The summed E-state index contributed by atoms with van der Waals surface area (Å²) in [6.45, 7) is 8.68. The lowest BCUT2D eigenvalue weighted by molar-refractivity contribution is 0.0911. The van der Waals surface area contributed by atoms with Gasteiger partial charge >= 0.3 is 6.03 Å². The van der Waals surface area contributed by atoms with Crippen LogP contribution in [-0.2, 0) is 6.61 Å². The third-order valence-electron chi connectivity index (χ3n) is 6.86. The molecular weight excluding hydrogens is 484 g/mol. The lowest BCUT2D eigenvalue weighted by Crippen LogP contribution is -2.54. The summed E-state index contributed by atoms with van der Waals surface area (Å²) in [7, 11) is 0. The van der Waals surface area contributed by atoms with Crippen LogP contribution in [0.15, 0.2) is 47.8 Å². The number of aromatic nitrogens is 1. The monoisotopic (exact) mass is 520 g/mol. The van der Waals surface area contributed by atoms with Gasteiger partial charge in [-0.05, 0) is 73.6 Å². The smallest absolute Gasteiger partial charge is 0.319 e. The SMILES string of the molecule is Cc1ccc(NC(=O)N[C@@H]2CCCC[C@H]2NC(=O)c2csc(COc3ccc(C(C)C)cc3)n2)cc1C. The molecule has 0 radical (unpaired) electrons. The Labute approximate surface area is 223 Å². The van der Waals surface area contributed by atoms with E-state index in [4.69, 9.17) is 4.74 Å². The number of carbonyl (C=O) groups is 2. The molecule has 1 saturated carbocycles. The van der Waals surface area contributed by atoms with E-state index in [-0.39, 0.29) is 24.0 Å². The summed E-state index contributed by atoms with van der Waals surface area (Å²) in [4.78, 5) is 30.1. The van der Waals surface area contributed by atoms with Gasteiger partial charge in [-0.2, -0.15) is 0 Å². The first-order chi connectivity index (χ1) is 17.8. The zero-order valence-corrected chi connectivity index (χ0v) is 22.8. The number of carbonyl (C=O) groups excluding carboxylic acids is 2. The Morgan fingerprint density at radius 3 is 2.38 bits per heavy atom. The molecule has 8 heteroatoms. The average molecular weight is 521 g/mol. The largest absolute Gasteiger partial charge is 0.486 e. The number of thiazole rings is 1. The van der Waals surface area contributed by atoms with E-state index < -0.39 is 0 Å². The summed E-state index contributed by atoms with van der Waals surface area (Å²) in [6, 6.07) is 13.4. The van der Waals surface area contributed by atoms with Crippen LogP contribution >= 0.6 is 11.3 Å². The highest BCUT2D eigenvalue weighted by atomic mass is 32.1. The number of ether oxygens (including phenoxy) is 1. The molecule has 0 unspecified atom stereocenters. The highest BCUT2D eigenvalue weighted by Crippen LogP contribution is 2.22. The number of hydrogen-bond donors (Lipinski definition) is 3. The van der Waals surface area contributed by atoms with Gasteiger partial charge in [0.05, 0.1) is 6.04 Å². The third kappa shape index (κ3) is 7.32. The lowest BCUT2D eigenvalue weighted by Gasteiger charge is -2.32. The fourth-order valence-corrected chi connectivity index (χ4v) is 5.13. The van der Waals surface area contributed by atoms with Gasteiger partial charge in [-0.25, -0.2) is 9.78 Å². The van der Waals surface area contributed by atoms with Gasteiger partial charge in [0, 0.05) is 17.1 Å². The molecule has 1 heterocycles. The minimum atomic E-state index is -0.260. The van der Waals surface area contributed by atoms with Gasteiger partial charge in [-0.3, -0.25) is 4.79 Å². The van der Waals surface area contributed by atoms with Gasteiger partial charge in [0.15, 0.2) is 0 Å². The van der Waals surface area contributed by atoms with Gasteiger partial charge in [0.1, 0.15) is 23.1 Å². The Hall–Kier alpha value is -3.39. The number of aryl methyl sites for hydroxylation is 2. The van der Waals surface area contributed by atoms with Gasteiger partial charge in [0.2, 0.25) is 0 Å². The van der Waals surface area contributed by atoms with Crippen molar-refractivity contribution in [2.45, 2.75) is 78.0 Å². The fraction of sp³-hybridized carbons (Fsp3) is 0.414. The van der Waals surface area contributed by atoms with Crippen LogP contribution in [0.25, 0.3) is 0 Å². The Kier molecular flexibility index (Phi) is 8.82. The molecule has 1 aliphatic rings. The van der Waals surface area contributed by atoms with Crippen LogP contribution in [0.1, 0.15) is 77.6 Å². The Bertz CT molecular complexity index is 1220. The van der Waals surface area contributed by atoms with E-state index in [0.29, 0.717) is 18.2 Å². The van der Waals surface area contributed by atoms with Crippen LogP contribution in [0.4, 0.5) is 10.5 Å². The first-order valence-corrected chi connectivity index (χ1v) is 13.8. The summed E-state index contributed by atoms with van der Waals surface area (Å²) in [5, 5.41) is 11.6. The molecule has 7 nitrogen and oxygen atoms in total. The zero-order valence-electron chi connectivity index (χ0n) is 22.0. The number of amides is 3. The highest BCUT2D eigenvalue weighted by molar-refractivity contribution is 7.09. The number of anilines is 1. The second-order valence-corrected chi connectivity index (χ2v) is 10.9. The molecule has 196 valence electrons. The highest BCUT2D eigenvalue weighted by Gasteiger charge is 2.28. The third-order valence-corrected chi connectivity index (χ3v) is 7.68. The van der Waals surface area contributed by atoms with Crippen LogP contribution < -0.4 is 20.7 Å². The molecule has 2 atom stereocenters. The van der Waals surface area contributed by atoms with Crippen molar-refractivity contribution in [2.24, 2.45) is 0 Å². The fourth-order valence-electron chi connectivity index (χ4n) is 4.45. The molecule has 1 aromatic heterocycles. The molecule has 3 aromatic rings. The van der Waals surface area contributed by atoms with E-state index in [0.717, 1.165) is 47.7 Å².